The van der Waals surface area contributed by atoms with Gasteiger partial charge in [-0.05, 0) is 85.6 Å². The second-order valence-corrected chi connectivity index (χ2v) is 14.2. The number of alkyl halides is 6. The molecular weight excluding hydrogens is 606 g/mol. The van der Waals surface area contributed by atoms with Crippen LogP contribution in [-0.4, -0.2) is 39.1 Å². The minimum absolute atomic E-state index is 0.0366. The van der Waals surface area contributed by atoms with E-state index in [0.717, 1.165) is 29.8 Å². The molecule has 6 rings (SSSR count). The van der Waals surface area contributed by atoms with Gasteiger partial charge in [0, 0.05) is 61.1 Å². The molecule has 11 heteroatoms. The number of piperidine rings is 1. The third-order valence-electron chi connectivity index (χ3n) is 9.99. The van der Waals surface area contributed by atoms with E-state index >= 15 is 4.39 Å². The Balaban J connectivity index is 1.47. The lowest BCUT2D eigenvalue weighted by Crippen LogP contribution is -2.36. The fraction of sp³-hybridized carbons (Fsp3) is 0.571. The van der Waals surface area contributed by atoms with Crippen LogP contribution in [0.4, 0.5) is 32.3 Å². The zero-order chi connectivity index (χ0) is 33.0. The van der Waals surface area contributed by atoms with Gasteiger partial charge in [0.25, 0.3) is 0 Å². The molecule has 1 saturated carbocycles. The van der Waals surface area contributed by atoms with Crippen molar-refractivity contribution in [2.24, 2.45) is 5.41 Å². The van der Waals surface area contributed by atoms with Crippen molar-refractivity contribution < 1.29 is 31.4 Å². The highest BCUT2D eigenvalue weighted by molar-refractivity contribution is 5.51. The molecule has 3 aromatic rings. The molecule has 3 aliphatic rings. The summed E-state index contributed by atoms with van der Waals surface area (Å²) in [6.07, 6.45) is -2.20. The van der Waals surface area contributed by atoms with Gasteiger partial charge in [-0.25, -0.2) is 23.1 Å². The fourth-order valence-corrected chi connectivity index (χ4v) is 7.62. The number of aliphatic hydroxyl groups excluding tert-OH is 1. The van der Waals surface area contributed by atoms with E-state index in [9.17, 15) is 27.1 Å². The summed E-state index contributed by atoms with van der Waals surface area (Å²) in [7, 11) is 0. The number of aliphatic hydroxyl groups is 1. The average molecular weight is 647 g/mol. The topological polar surface area (TPSA) is 62.1 Å². The van der Waals surface area contributed by atoms with Gasteiger partial charge in [0.05, 0.1) is 17.4 Å². The summed E-state index contributed by atoms with van der Waals surface area (Å²) in [5.41, 5.74) is 2.29. The molecule has 0 bridgehead atoms. The summed E-state index contributed by atoms with van der Waals surface area (Å²) in [4.78, 5) is 16.1. The van der Waals surface area contributed by atoms with Crippen LogP contribution in [0, 0.1) is 12.3 Å². The van der Waals surface area contributed by atoms with Crippen molar-refractivity contribution >= 4 is 5.95 Å². The maximum atomic E-state index is 17.1. The first-order chi connectivity index (χ1) is 21.6. The first-order valence-electron chi connectivity index (χ1n) is 16.1. The molecule has 0 spiro atoms. The number of hydrogen-bond donors (Lipinski definition) is 1. The van der Waals surface area contributed by atoms with E-state index in [2.05, 4.69) is 14.9 Å². The van der Waals surface area contributed by atoms with Gasteiger partial charge in [0.15, 0.2) is 6.17 Å². The predicted octanol–water partition coefficient (Wildman–Crippen LogP) is 8.94. The Hall–Kier alpha value is -3.21. The van der Waals surface area contributed by atoms with Gasteiger partial charge in [-0.2, -0.15) is 13.2 Å². The lowest BCUT2D eigenvalue weighted by molar-refractivity contribution is -0.137. The first-order valence-corrected chi connectivity index (χ1v) is 16.1. The van der Waals surface area contributed by atoms with Gasteiger partial charge in [-0.15, -0.1) is 0 Å². The van der Waals surface area contributed by atoms with Crippen molar-refractivity contribution in [2.75, 3.05) is 18.0 Å². The number of nitrogens with zero attached hydrogens (tertiary/aromatic N) is 4. The van der Waals surface area contributed by atoms with Crippen molar-refractivity contribution in [1.29, 1.82) is 0 Å². The van der Waals surface area contributed by atoms with Gasteiger partial charge < -0.3 is 10.0 Å². The number of halogens is 6. The van der Waals surface area contributed by atoms with E-state index in [1.165, 1.54) is 0 Å². The number of aromatic nitrogens is 3. The summed E-state index contributed by atoms with van der Waals surface area (Å²) >= 11 is 0. The quantitative estimate of drug-likeness (QED) is 0.281. The Morgan fingerprint density at radius 3 is 2.11 bits per heavy atom. The van der Waals surface area contributed by atoms with Gasteiger partial charge in [0.1, 0.15) is 0 Å². The average Bonchev–Trinajstić information content (AvgIpc) is 2.99. The van der Waals surface area contributed by atoms with Gasteiger partial charge in [-0.1, -0.05) is 26.0 Å². The summed E-state index contributed by atoms with van der Waals surface area (Å²) < 4.78 is 86.1. The van der Waals surface area contributed by atoms with E-state index in [0.29, 0.717) is 67.2 Å². The maximum absolute atomic E-state index is 17.1. The van der Waals surface area contributed by atoms with E-state index in [1.807, 2.05) is 20.8 Å². The SMILES string of the molecule is Cc1cnc(N2CCC(c3nc4c(c(C5CCC(F)(F)CC5)c3[C@H](F)c3ccc(C(F)(F)F)cc3)[C@@H](O)CC(C)(C)C4)CC2)nc1. The number of pyridine rings is 1. The van der Waals surface area contributed by atoms with Crippen molar-refractivity contribution in [3.63, 3.8) is 0 Å². The number of hydrogen-bond acceptors (Lipinski definition) is 5. The Bertz CT molecular complexity index is 1540. The maximum Gasteiger partial charge on any atom is 0.416 e. The lowest BCUT2D eigenvalue weighted by Gasteiger charge is -2.41. The molecule has 46 heavy (non-hydrogen) atoms. The van der Waals surface area contributed by atoms with E-state index < -0.39 is 35.9 Å². The highest BCUT2D eigenvalue weighted by Crippen LogP contribution is 2.52. The van der Waals surface area contributed by atoms with Gasteiger partial charge in [-0.3, -0.25) is 4.98 Å². The van der Waals surface area contributed by atoms with Crippen LogP contribution in [0.3, 0.4) is 0 Å². The second kappa shape index (κ2) is 12.1. The highest BCUT2D eigenvalue weighted by Gasteiger charge is 2.43. The highest BCUT2D eigenvalue weighted by atomic mass is 19.4. The molecule has 0 unspecified atom stereocenters. The number of benzene rings is 1. The van der Waals surface area contributed by atoms with Crippen molar-refractivity contribution in [1.82, 2.24) is 15.0 Å². The molecule has 2 fully saturated rings. The van der Waals surface area contributed by atoms with Crippen LogP contribution in [0.5, 0.6) is 0 Å². The molecule has 1 aliphatic heterocycles. The molecule has 0 amide bonds. The monoisotopic (exact) mass is 646 g/mol. The van der Waals surface area contributed by atoms with Crippen LogP contribution in [0.15, 0.2) is 36.7 Å². The summed E-state index contributed by atoms with van der Waals surface area (Å²) in [6.45, 7) is 7.15. The minimum Gasteiger partial charge on any atom is -0.388 e. The standard InChI is InChI=1S/C35H40F6N4O/c1-20-18-42-32(43-19-20)45-14-10-23(11-15-45)31-29(30(36)22-4-6-24(7-5-22)35(39,40)41)27(21-8-12-34(37,38)13-9-21)28-25(44-31)16-33(2,3)17-26(28)46/h4-7,18-19,21,23,26,30,46H,8-17H2,1-3H3/t26-,30+/m0/s1. The fourth-order valence-electron chi connectivity index (χ4n) is 7.62. The number of fused-ring (bicyclic) bond motifs is 1. The summed E-state index contributed by atoms with van der Waals surface area (Å²) in [6, 6.07) is 4.02. The van der Waals surface area contributed by atoms with Crippen molar-refractivity contribution in [3.8, 4) is 0 Å². The zero-order valence-electron chi connectivity index (χ0n) is 26.3. The van der Waals surface area contributed by atoms with Crippen LogP contribution < -0.4 is 4.90 Å². The third kappa shape index (κ3) is 6.62. The lowest BCUT2D eigenvalue weighted by atomic mass is 9.68. The summed E-state index contributed by atoms with van der Waals surface area (Å²) in [5.74, 6) is -2.85. The molecule has 2 aromatic heterocycles. The smallest absolute Gasteiger partial charge is 0.388 e. The number of rotatable bonds is 5. The largest absolute Gasteiger partial charge is 0.416 e. The Morgan fingerprint density at radius 1 is 0.913 bits per heavy atom. The van der Waals surface area contributed by atoms with Crippen molar-refractivity contribution in [3.05, 3.63) is 81.4 Å². The van der Waals surface area contributed by atoms with E-state index in [-0.39, 0.29) is 48.1 Å². The number of aryl methyl sites for hydroxylation is 1. The molecule has 5 nitrogen and oxygen atoms in total. The van der Waals surface area contributed by atoms with Gasteiger partial charge in [0.2, 0.25) is 11.9 Å². The predicted molar refractivity (Wildman–Crippen MR) is 163 cm³/mol. The number of anilines is 1. The second-order valence-electron chi connectivity index (χ2n) is 14.2. The summed E-state index contributed by atoms with van der Waals surface area (Å²) in [5, 5.41) is 11.5. The molecule has 248 valence electrons. The van der Waals surface area contributed by atoms with E-state index in [4.69, 9.17) is 4.98 Å². The first kappa shape index (κ1) is 32.7. The molecular formula is C35H40F6N4O. The Labute approximate surface area is 265 Å². The molecule has 2 aliphatic carbocycles. The molecule has 0 radical (unpaired) electrons. The van der Waals surface area contributed by atoms with Crippen LogP contribution in [0.1, 0.15) is 128 Å². The van der Waals surface area contributed by atoms with Gasteiger partial charge >= 0.3 is 6.18 Å². The Morgan fingerprint density at radius 2 is 1.52 bits per heavy atom. The molecule has 2 atom stereocenters. The molecule has 1 N–H and O–H groups in total. The Kier molecular flexibility index (Phi) is 8.61. The third-order valence-corrected chi connectivity index (χ3v) is 9.99. The minimum atomic E-state index is -4.58. The normalized spacial score (nSPS) is 22.8. The molecule has 3 heterocycles. The van der Waals surface area contributed by atoms with Crippen LogP contribution >= 0.6 is 0 Å². The van der Waals surface area contributed by atoms with Crippen molar-refractivity contribution in [2.45, 2.75) is 108 Å². The molecule has 1 aromatic carbocycles. The van der Waals surface area contributed by atoms with E-state index in [1.54, 1.807) is 12.4 Å². The van der Waals surface area contributed by atoms with Crippen LogP contribution in [-0.2, 0) is 12.6 Å². The zero-order valence-corrected chi connectivity index (χ0v) is 26.3. The van der Waals surface area contributed by atoms with Crippen LogP contribution in [0.2, 0.25) is 0 Å². The van der Waals surface area contributed by atoms with Crippen LogP contribution in [0.25, 0.3) is 0 Å². The molecule has 1 saturated heterocycles.